The molecule has 0 aliphatic rings. The van der Waals surface area contributed by atoms with Crippen molar-refractivity contribution in [2.45, 2.75) is 89.9 Å². The quantitative estimate of drug-likeness (QED) is 0.238. The van der Waals surface area contributed by atoms with E-state index in [0.29, 0.717) is 25.9 Å². The molecule has 3 atom stereocenters. The Labute approximate surface area is 152 Å². The zero-order valence-corrected chi connectivity index (χ0v) is 15.8. The maximum absolute atomic E-state index is 11.2. The largest absolute Gasteiger partial charge is 0.466 e. The van der Waals surface area contributed by atoms with Crippen LogP contribution < -0.4 is 0 Å². The minimum atomic E-state index is -0.959. The summed E-state index contributed by atoms with van der Waals surface area (Å²) >= 11 is 0. The molecule has 0 aromatic rings. The molecule has 0 saturated carbocycles. The second-order valence-electron chi connectivity index (χ2n) is 6.24. The molecule has 0 aliphatic heterocycles. The predicted molar refractivity (Wildman–Crippen MR) is 100 cm³/mol. The molecular formula is C20H36O5. The van der Waals surface area contributed by atoms with Crippen molar-refractivity contribution in [3.63, 3.8) is 0 Å². The van der Waals surface area contributed by atoms with E-state index in [-0.39, 0.29) is 5.97 Å². The fraction of sp³-hybridized carbons (Fsp3) is 0.750. The first-order valence-corrected chi connectivity index (χ1v) is 9.54. The van der Waals surface area contributed by atoms with Crippen molar-refractivity contribution in [1.29, 1.82) is 0 Å². The van der Waals surface area contributed by atoms with E-state index in [1.807, 2.05) is 19.1 Å². The number of carbonyl (C=O) groups is 1. The van der Waals surface area contributed by atoms with Crippen LogP contribution in [-0.4, -0.2) is 46.2 Å². The van der Waals surface area contributed by atoms with E-state index in [4.69, 9.17) is 4.74 Å². The predicted octanol–water partition coefficient (Wildman–Crippen LogP) is 3.28. The highest BCUT2D eigenvalue weighted by atomic mass is 16.5. The molecule has 0 radical (unpaired) electrons. The van der Waals surface area contributed by atoms with Crippen molar-refractivity contribution >= 4 is 5.97 Å². The molecular weight excluding hydrogens is 320 g/mol. The van der Waals surface area contributed by atoms with Gasteiger partial charge in [-0.15, -0.1) is 0 Å². The topological polar surface area (TPSA) is 87.0 Å². The van der Waals surface area contributed by atoms with Gasteiger partial charge in [0, 0.05) is 6.42 Å². The molecule has 0 aromatic heterocycles. The van der Waals surface area contributed by atoms with Crippen LogP contribution in [0.5, 0.6) is 0 Å². The lowest BCUT2D eigenvalue weighted by Crippen LogP contribution is -2.23. The lowest BCUT2D eigenvalue weighted by Gasteiger charge is -2.13. The van der Waals surface area contributed by atoms with Gasteiger partial charge in [0.05, 0.1) is 24.9 Å². The summed E-state index contributed by atoms with van der Waals surface area (Å²) in [6, 6.07) is 0. The van der Waals surface area contributed by atoms with Crippen LogP contribution >= 0.6 is 0 Å². The second-order valence-corrected chi connectivity index (χ2v) is 6.24. The Balaban J connectivity index is 3.70. The lowest BCUT2D eigenvalue weighted by molar-refractivity contribution is -0.143. The molecule has 0 rings (SSSR count). The van der Waals surface area contributed by atoms with Crippen LogP contribution in [0.4, 0.5) is 0 Å². The molecule has 0 bridgehead atoms. The first-order valence-electron chi connectivity index (χ1n) is 9.54. The number of esters is 1. The van der Waals surface area contributed by atoms with E-state index < -0.39 is 18.3 Å². The molecule has 0 fully saturated rings. The van der Waals surface area contributed by atoms with Gasteiger partial charge in [-0.1, -0.05) is 56.9 Å². The van der Waals surface area contributed by atoms with Gasteiger partial charge in [-0.25, -0.2) is 0 Å². The summed E-state index contributed by atoms with van der Waals surface area (Å²) in [5.74, 6) is -0.131. The average molecular weight is 357 g/mol. The van der Waals surface area contributed by atoms with Gasteiger partial charge < -0.3 is 20.1 Å². The fourth-order valence-corrected chi connectivity index (χ4v) is 2.39. The number of ether oxygens (including phenoxy) is 1. The van der Waals surface area contributed by atoms with Crippen molar-refractivity contribution in [3.05, 3.63) is 24.3 Å². The molecule has 25 heavy (non-hydrogen) atoms. The Morgan fingerprint density at radius 3 is 2.32 bits per heavy atom. The van der Waals surface area contributed by atoms with Gasteiger partial charge in [0.25, 0.3) is 0 Å². The molecule has 0 spiro atoms. The van der Waals surface area contributed by atoms with E-state index in [0.717, 1.165) is 38.5 Å². The van der Waals surface area contributed by atoms with Gasteiger partial charge in [0.1, 0.15) is 0 Å². The van der Waals surface area contributed by atoms with E-state index in [1.54, 1.807) is 13.0 Å². The molecule has 146 valence electrons. The Bertz CT molecular complexity index is 378. The van der Waals surface area contributed by atoms with Crippen LogP contribution in [0.1, 0.15) is 71.6 Å². The third-order valence-corrected chi connectivity index (χ3v) is 3.89. The van der Waals surface area contributed by atoms with Gasteiger partial charge in [-0.05, 0) is 32.6 Å². The Morgan fingerprint density at radius 2 is 1.64 bits per heavy atom. The zero-order valence-electron chi connectivity index (χ0n) is 15.8. The van der Waals surface area contributed by atoms with Crippen molar-refractivity contribution in [1.82, 2.24) is 0 Å². The Hall–Kier alpha value is -1.17. The molecule has 5 nitrogen and oxygen atoms in total. The van der Waals surface area contributed by atoms with Crippen molar-refractivity contribution < 1.29 is 24.9 Å². The van der Waals surface area contributed by atoms with Crippen molar-refractivity contribution in [2.75, 3.05) is 6.61 Å². The standard InChI is InChI=1S/C20H36O5/c1-3-5-9-13-18(22)19(23)16-15-17(21)12-10-7-6-8-11-14-20(24)25-4-2/h5,9,15-19,21-23H,3-4,6-8,10-14H2,1-2H3/t17-,18-,19-/m0/s1. The van der Waals surface area contributed by atoms with Gasteiger partial charge in [-0.3, -0.25) is 4.79 Å². The minimum Gasteiger partial charge on any atom is -0.466 e. The monoisotopic (exact) mass is 356 g/mol. The van der Waals surface area contributed by atoms with Crippen molar-refractivity contribution in [2.24, 2.45) is 0 Å². The first-order chi connectivity index (χ1) is 12.0. The second kappa shape index (κ2) is 16.3. The van der Waals surface area contributed by atoms with Gasteiger partial charge >= 0.3 is 5.97 Å². The van der Waals surface area contributed by atoms with Gasteiger partial charge in [-0.2, -0.15) is 0 Å². The van der Waals surface area contributed by atoms with Gasteiger partial charge in [0.2, 0.25) is 0 Å². The number of aliphatic hydroxyl groups is 3. The van der Waals surface area contributed by atoms with Crippen LogP contribution in [0, 0.1) is 0 Å². The summed E-state index contributed by atoms with van der Waals surface area (Å²) < 4.78 is 4.87. The maximum atomic E-state index is 11.2. The number of unbranched alkanes of at least 4 members (excludes halogenated alkanes) is 4. The number of carbonyl (C=O) groups excluding carboxylic acids is 1. The highest BCUT2D eigenvalue weighted by Crippen LogP contribution is 2.11. The lowest BCUT2D eigenvalue weighted by atomic mass is 10.0. The third-order valence-electron chi connectivity index (χ3n) is 3.89. The van der Waals surface area contributed by atoms with Gasteiger partial charge in [0.15, 0.2) is 0 Å². The molecule has 0 aromatic carbocycles. The molecule has 0 amide bonds. The molecule has 5 heteroatoms. The summed E-state index contributed by atoms with van der Waals surface area (Å²) in [5, 5.41) is 29.4. The Morgan fingerprint density at radius 1 is 0.960 bits per heavy atom. The molecule has 0 aliphatic carbocycles. The number of hydrogen-bond donors (Lipinski definition) is 3. The minimum absolute atomic E-state index is 0.131. The third kappa shape index (κ3) is 14.8. The first kappa shape index (κ1) is 23.8. The van der Waals surface area contributed by atoms with Crippen LogP contribution in [0.25, 0.3) is 0 Å². The normalized spacial score (nSPS) is 15.6. The summed E-state index contributed by atoms with van der Waals surface area (Å²) in [4.78, 5) is 11.2. The van der Waals surface area contributed by atoms with Crippen LogP contribution in [-0.2, 0) is 9.53 Å². The summed E-state index contributed by atoms with van der Waals surface area (Å²) in [7, 11) is 0. The average Bonchev–Trinajstić information content (AvgIpc) is 2.59. The summed E-state index contributed by atoms with van der Waals surface area (Å²) in [6.07, 6.45) is 11.6. The van der Waals surface area contributed by atoms with E-state index in [1.165, 1.54) is 6.08 Å². The van der Waals surface area contributed by atoms with Crippen LogP contribution in [0.3, 0.4) is 0 Å². The summed E-state index contributed by atoms with van der Waals surface area (Å²) in [6.45, 7) is 4.25. The van der Waals surface area contributed by atoms with Crippen LogP contribution in [0.15, 0.2) is 24.3 Å². The SMILES string of the molecule is CCC=CC[C@H](O)[C@@H](O)C=C[C@@H](O)CCCCCCCC(=O)OCC. The smallest absolute Gasteiger partial charge is 0.305 e. The van der Waals surface area contributed by atoms with E-state index in [9.17, 15) is 20.1 Å². The molecule has 0 saturated heterocycles. The summed E-state index contributed by atoms with van der Waals surface area (Å²) in [5.41, 5.74) is 0. The Kier molecular flexibility index (Phi) is 15.5. The van der Waals surface area contributed by atoms with Crippen molar-refractivity contribution in [3.8, 4) is 0 Å². The maximum Gasteiger partial charge on any atom is 0.305 e. The number of allylic oxidation sites excluding steroid dienone is 1. The number of rotatable bonds is 15. The molecule has 3 N–H and O–H groups in total. The molecule has 0 heterocycles. The molecule has 0 unspecified atom stereocenters. The highest BCUT2D eigenvalue weighted by Gasteiger charge is 2.11. The number of hydrogen-bond acceptors (Lipinski definition) is 5. The fourth-order valence-electron chi connectivity index (χ4n) is 2.39. The van der Waals surface area contributed by atoms with E-state index in [2.05, 4.69) is 0 Å². The van der Waals surface area contributed by atoms with Crippen LogP contribution in [0.2, 0.25) is 0 Å². The number of aliphatic hydroxyl groups excluding tert-OH is 3. The highest BCUT2D eigenvalue weighted by molar-refractivity contribution is 5.69. The van der Waals surface area contributed by atoms with E-state index >= 15 is 0 Å². The zero-order chi connectivity index (χ0) is 18.9.